The van der Waals surface area contributed by atoms with E-state index in [4.69, 9.17) is 0 Å². The first-order chi connectivity index (χ1) is 7.66. The minimum atomic E-state index is -0.534. The van der Waals surface area contributed by atoms with Crippen molar-refractivity contribution in [2.75, 3.05) is 5.32 Å². The van der Waals surface area contributed by atoms with Crippen LogP contribution in [-0.2, 0) is 0 Å². The van der Waals surface area contributed by atoms with Gasteiger partial charge in [-0.3, -0.25) is 10.1 Å². The maximum absolute atomic E-state index is 13.3. The molecule has 0 bridgehead atoms. The second kappa shape index (κ2) is 4.40. The first-order valence-corrected chi connectivity index (χ1v) is 5.53. The Labute approximate surface area is 96.0 Å². The molecule has 0 fully saturated rings. The fraction of sp³-hybridized carbons (Fsp3) is 0.0909. The molecular weight excluding hydrogens is 227 g/mol. The van der Waals surface area contributed by atoms with Gasteiger partial charge in [0.25, 0.3) is 5.91 Å². The van der Waals surface area contributed by atoms with E-state index in [0.717, 1.165) is 5.69 Å². The average molecular weight is 236 g/mol. The number of hydrogen-bond acceptors (Lipinski definition) is 3. The van der Waals surface area contributed by atoms with E-state index in [1.165, 1.54) is 23.5 Å². The number of carbonyl (C=O) groups excluding carboxylic acids is 1. The molecule has 3 nitrogen and oxygen atoms in total. The topological polar surface area (TPSA) is 42.0 Å². The molecule has 0 unspecified atom stereocenters. The van der Waals surface area contributed by atoms with Gasteiger partial charge in [-0.25, -0.2) is 9.37 Å². The Morgan fingerprint density at radius 2 is 2.19 bits per heavy atom. The normalized spacial score (nSPS) is 10.1. The van der Waals surface area contributed by atoms with Crippen LogP contribution in [-0.4, -0.2) is 10.9 Å². The van der Waals surface area contributed by atoms with Gasteiger partial charge in [0.05, 0.1) is 11.3 Å². The molecule has 82 valence electrons. The highest BCUT2D eigenvalue weighted by molar-refractivity contribution is 7.13. The van der Waals surface area contributed by atoms with Crippen molar-refractivity contribution in [3.8, 4) is 0 Å². The number of halogens is 1. The molecule has 0 saturated carbocycles. The van der Waals surface area contributed by atoms with Crippen molar-refractivity contribution in [1.29, 1.82) is 0 Å². The van der Waals surface area contributed by atoms with Gasteiger partial charge in [0.15, 0.2) is 5.13 Å². The van der Waals surface area contributed by atoms with Crippen molar-refractivity contribution in [3.05, 3.63) is 46.7 Å². The Morgan fingerprint density at radius 1 is 1.44 bits per heavy atom. The zero-order valence-corrected chi connectivity index (χ0v) is 9.34. The Morgan fingerprint density at radius 3 is 2.81 bits per heavy atom. The summed E-state index contributed by atoms with van der Waals surface area (Å²) in [4.78, 5) is 15.7. The van der Waals surface area contributed by atoms with Gasteiger partial charge in [-0.1, -0.05) is 12.1 Å². The fourth-order valence-electron chi connectivity index (χ4n) is 1.22. The molecule has 0 atom stereocenters. The highest BCUT2D eigenvalue weighted by atomic mass is 32.1. The molecule has 16 heavy (non-hydrogen) atoms. The van der Waals surface area contributed by atoms with Crippen LogP contribution in [0.3, 0.4) is 0 Å². The third kappa shape index (κ3) is 2.25. The fourth-order valence-corrected chi connectivity index (χ4v) is 1.90. The molecule has 1 aromatic carbocycles. The minimum Gasteiger partial charge on any atom is -0.298 e. The van der Waals surface area contributed by atoms with E-state index in [9.17, 15) is 9.18 Å². The highest BCUT2D eigenvalue weighted by Crippen LogP contribution is 2.16. The number of carbonyl (C=O) groups is 1. The van der Waals surface area contributed by atoms with Crippen molar-refractivity contribution in [1.82, 2.24) is 4.98 Å². The number of aromatic nitrogens is 1. The highest BCUT2D eigenvalue weighted by Gasteiger charge is 2.11. The van der Waals surface area contributed by atoms with Crippen LogP contribution in [0.5, 0.6) is 0 Å². The van der Waals surface area contributed by atoms with Crippen LogP contribution in [0.1, 0.15) is 16.1 Å². The zero-order valence-electron chi connectivity index (χ0n) is 8.53. The van der Waals surface area contributed by atoms with Gasteiger partial charge in [-0.05, 0) is 19.1 Å². The van der Waals surface area contributed by atoms with E-state index in [1.54, 1.807) is 12.1 Å². The van der Waals surface area contributed by atoms with E-state index in [1.807, 2.05) is 12.3 Å². The van der Waals surface area contributed by atoms with Gasteiger partial charge in [0, 0.05) is 5.38 Å². The lowest BCUT2D eigenvalue weighted by Crippen LogP contribution is -2.13. The summed E-state index contributed by atoms with van der Waals surface area (Å²) in [6.45, 7) is 1.83. The molecule has 0 aliphatic heterocycles. The van der Waals surface area contributed by atoms with Gasteiger partial charge in [0.2, 0.25) is 0 Å². The molecule has 1 amide bonds. The summed E-state index contributed by atoms with van der Waals surface area (Å²) in [5.41, 5.74) is 0.851. The molecule has 1 N–H and O–H groups in total. The molecule has 0 radical (unpaired) electrons. The van der Waals surface area contributed by atoms with Crippen molar-refractivity contribution >= 4 is 22.4 Å². The van der Waals surface area contributed by atoms with Gasteiger partial charge in [-0.15, -0.1) is 11.3 Å². The average Bonchev–Trinajstić information content (AvgIpc) is 2.64. The Kier molecular flexibility index (Phi) is 2.96. The molecule has 1 heterocycles. The second-order valence-corrected chi connectivity index (χ2v) is 4.09. The molecule has 1 aromatic heterocycles. The Bertz CT molecular complexity index is 524. The Balaban J connectivity index is 2.18. The van der Waals surface area contributed by atoms with Crippen LogP contribution < -0.4 is 5.32 Å². The SMILES string of the molecule is Cc1csc(NC(=O)c2ccccc2F)n1. The minimum absolute atomic E-state index is 0.0235. The van der Waals surface area contributed by atoms with Gasteiger partial charge < -0.3 is 0 Å². The summed E-state index contributed by atoms with van der Waals surface area (Å²) in [7, 11) is 0. The maximum Gasteiger partial charge on any atom is 0.260 e. The predicted octanol–water partition coefficient (Wildman–Crippen LogP) is 2.84. The maximum atomic E-state index is 13.3. The van der Waals surface area contributed by atoms with Crippen LogP contribution in [0.25, 0.3) is 0 Å². The summed E-state index contributed by atoms with van der Waals surface area (Å²) in [6, 6.07) is 5.85. The number of aryl methyl sites for hydroxylation is 1. The van der Waals surface area contributed by atoms with Crippen LogP contribution in [0.2, 0.25) is 0 Å². The van der Waals surface area contributed by atoms with Gasteiger partial charge >= 0.3 is 0 Å². The first-order valence-electron chi connectivity index (χ1n) is 4.65. The third-order valence-electron chi connectivity index (χ3n) is 1.96. The predicted molar refractivity (Wildman–Crippen MR) is 61.2 cm³/mol. The molecule has 5 heteroatoms. The van der Waals surface area contributed by atoms with Crippen LogP contribution in [0.4, 0.5) is 9.52 Å². The first kappa shape index (κ1) is 10.8. The molecule has 2 aromatic rings. The summed E-state index contributed by atoms with van der Waals surface area (Å²) in [5, 5.41) is 4.84. The smallest absolute Gasteiger partial charge is 0.260 e. The molecule has 0 spiro atoms. The number of benzene rings is 1. The van der Waals surface area contributed by atoms with Crippen LogP contribution in [0, 0.1) is 12.7 Å². The quantitative estimate of drug-likeness (QED) is 0.871. The largest absolute Gasteiger partial charge is 0.298 e. The molecular formula is C11H9FN2OS. The van der Waals surface area contributed by atoms with Crippen LogP contribution >= 0.6 is 11.3 Å². The summed E-state index contributed by atoms with van der Waals surface area (Å²) in [6.07, 6.45) is 0. The number of nitrogens with one attached hydrogen (secondary N) is 1. The van der Waals surface area contributed by atoms with E-state index in [0.29, 0.717) is 5.13 Å². The van der Waals surface area contributed by atoms with E-state index in [-0.39, 0.29) is 5.56 Å². The number of thiazole rings is 1. The van der Waals surface area contributed by atoms with Crippen molar-refractivity contribution < 1.29 is 9.18 Å². The van der Waals surface area contributed by atoms with E-state index >= 15 is 0 Å². The molecule has 2 rings (SSSR count). The third-order valence-corrected chi connectivity index (χ3v) is 2.83. The van der Waals surface area contributed by atoms with E-state index < -0.39 is 11.7 Å². The van der Waals surface area contributed by atoms with Crippen molar-refractivity contribution in [3.63, 3.8) is 0 Å². The van der Waals surface area contributed by atoms with Crippen LogP contribution in [0.15, 0.2) is 29.6 Å². The summed E-state index contributed by atoms with van der Waals surface area (Å²) in [5.74, 6) is -1.01. The second-order valence-electron chi connectivity index (χ2n) is 3.23. The molecule has 0 aliphatic rings. The number of rotatable bonds is 2. The van der Waals surface area contributed by atoms with Gasteiger partial charge in [0.1, 0.15) is 5.82 Å². The Hall–Kier alpha value is -1.75. The lowest BCUT2D eigenvalue weighted by Gasteiger charge is -2.02. The van der Waals surface area contributed by atoms with Crippen molar-refractivity contribution in [2.45, 2.75) is 6.92 Å². The number of nitrogens with zero attached hydrogens (tertiary/aromatic N) is 1. The number of hydrogen-bond donors (Lipinski definition) is 1. The zero-order chi connectivity index (χ0) is 11.5. The monoisotopic (exact) mass is 236 g/mol. The molecule has 0 aliphatic carbocycles. The van der Waals surface area contributed by atoms with Gasteiger partial charge in [-0.2, -0.15) is 0 Å². The lowest BCUT2D eigenvalue weighted by atomic mass is 10.2. The lowest BCUT2D eigenvalue weighted by molar-refractivity contribution is 0.102. The van der Waals surface area contributed by atoms with Crippen molar-refractivity contribution in [2.24, 2.45) is 0 Å². The summed E-state index contributed by atoms with van der Waals surface area (Å²) >= 11 is 1.31. The standard InChI is InChI=1S/C11H9FN2OS/c1-7-6-16-11(13-7)14-10(15)8-4-2-3-5-9(8)12/h2-6H,1H3,(H,13,14,15). The summed E-state index contributed by atoms with van der Waals surface area (Å²) < 4.78 is 13.3. The molecule has 0 saturated heterocycles. The number of anilines is 1. The number of amides is 1. The van der Waals surface area contributed by atoms with E-state index in [2.05, 4.69) is 10.3 Å².